The van der Waals surface area contributed by atoms with Gasteiger partial charge in [-0.15, -0.1) is 12.6 Å². The summed E-state index contributed by atoms with van der Waals surface area (Å²) in [6.45, 7) is 0.241. The van der Waals surface area contributed by atoms with Gasteiger partial charge in [0.15, 0.2) is 4.87 Å². The van der Waals surface area contributed by atoms with Crippen molar-refractivity contribution in [1.29, 1.82) is 0 Å². The number of carboxylic acids is 1. The second-order valence-electron chi connectivity index (χ2n) is 2.66. The van der Waals surface area contributed by atoms with Crippen LogP contribution in [0.3, 0.4) is 0 Å². The molecule has 0 aliphatic carbocycles. The molecule has 1 saturated heterocycles. The molecule has 1 heterocycles. The van der Waals surface area contributed by atoms with Crippen molar-refractivity contribution in [2.24, 2.45) is 0 Å². The van der Waals surface area contributed by atoms with E-state index in [2.05, 4.69) is 12.6 Å². The van der Waals surface area contributed by atoms with Crippen LogP contribution in [0, 0.1) is 0 Å². The van der Waals surface area contributed by atoms with E-state index < -0.39 is 16.9 Å². The zero-order valence-electron chi connectivity index (χ0n) is 6.23. The molecule has 0 saturated carbocycles. The van der Waals surface area contributed by atoms with Crippen LogP contribution in [-0.2, 0) is 4.79 Å². The van der Waals surface area contributed by atoms with Gasteiger partial charge in [0.25, 0.3) is 0 Å². The smallest absolute Gasteiger partial charge is 0.408 e. The minimum atomic E-state index is -1.52. The van der Waals surface area contributed by atoms with Gasteiger partial charge < -0.3 is 10.2 Å². The number of carbonyl (C=O) groups is 2. The zero-order chi connectivity index (χ0) is 9.35. The third kappa shape index (κ3) is 1.22. The minimum Gasteiger partial charge on any atom is -0.479 e. The Labute approximate surface area is 74.4 Å². The van der Waals surface area contributed by atoms with Crippen molar-refractivity contribution in [3.8, 4) is 0 Å². The summed E-state index contributed by atoms with van der Waals surface area (Å²) < 4.78 is 0. The van der Waals surface area contributed by atoms with Gasteiger partial charge in [-0.05, 0) is 12.8 Å². The molecule has 6 heteroatoms. The Kier molecular flexibility index (Phi) is 2.18. The molecular weight excluding hydrogens is 182 g/mol. The molecule has 0 aromatic carbocycles. The number of carboxylic acid groups (broad SMARTS) is 2. The van der Waals surface area contributed by atoms with Crippen molar-refractivity contribution in [1.82, 2.24) is 4.90 Å². The number of nitrogens with zero attached hydrogens (tertiary/aromatic N) is 1. The lowest BCUT2D eigenvalue weighted by atomic mass is 10.2. The topological polar surface area (TPSA) is 77.8 Å². The number of hydrogen-bond donors (Lipinski definition) is 3. The fourth-order valence-electron chi connectivity index (χ4n) is 1.28. The predicted octanol–water partition coefficient (Wildman–Crippen LogP) is 0.471. The highest BCUT2D eigenvalue weighted by Crippen LogP contribution is 2.32. The van der Waals surface area contributed by atoms with Crippen molar-refractivity contribution in [3.05, 3.63) is 0 Å². The first-order valence-electron chi connectivity index (χ1n) is 3.45. The molecule has 0 radical (unpaired) electrons. The number of hydrogen-bond acceptors (Lipinski definition) is 3. The first-order valence-corrected chi connectivity index (χ1v) is 3.89. The standard InChI is InChI=1S/C6H9NO4S/c8-4(9)6(12)2-1-3-7(6)5(10)11/h12H,1-3H2,(H,8,9)(H,10,11). The summed E-state index contributed by atoms with van der Waals surface area (Å²) in [5.41, 5.74) is 0. The number of rotatable bonds is 1. The van der Waals surface area contributed by atoms with Crippen LogP contribution in [0.25, 0.3) is 0 Å². The molecular formula is C6H9NO4S. The Hall–Kier alpha value is -0.910. The number of thiol groups is 1. The third-order valence-electron chi connectivity index (χ3n) is 1.93. The summed E-state index contributed by atoms with van der Waals surface area (Å²) >= 11 is 3.86. The normalized spacial score (nSPS) is 28.9. The predicted molar refractivity (Wildman–Crippen MR) is 43.3 cm³/mol. The van der Waals surface area contributed by atoms with Crippen LogP contribution in [0.4, 0.5) is 4.79 Å². The van der Waals surface area contributed by atoms with Crippen LogP contribution in [-0.4, -0.2) is 38.6 Å². The summed E-state index contributed by atoms with van der Waals surface area (Å²) in [7, 11) is 0. The maximum Gasteiger partial charge on any atom is 0.408 e. The second kappa shape index (κ2) is 2.85. The minimum absolute atomic E-state index is 0.241. The first-order chi connectivity index (χ1) is 5.48. The third-order valence-corrected chi connectivity index (χ3v) is 2.58. The Morgan fingerprint density at radius 2 is 2.00 bits per heavy atom. The van der Waals surface area contributed by atoms with Gasteiger partial charge in [0.05, 0.1) is 0 Å². The van der Waals surface area contributed by atoms with Crippen LogP contribution in [0.2, 0.25) is 0 Å². The number of amides is 1. The highest BCUT2D eigenvalue weighted by Gasteiger charge is 2.47. The van der Waals surface area contributed by atoms with Crippen LogP contribution in [0.1, 0.15) is 12.8 Å². The van der Waals surface area contributed by atoms with Gasteiger partial charge in [-0.1, -0.05) is 0 Å². The molecule has 1 amide bonds. The van der Waals surface area contributed by atoms with E-state index in [1.54, 1.807) is 0 Å². The van der Waals surface area contributed by atoms with Crippen LogP contribution in [0.5, 0.6) is 0 Å². The Bertz CT molecular complexity index is 232. The van der Waals surface area contributed by atoms with E-state index in [-0.39, 0.29) is 13.0 Å². The Morgan fingerprint density at radius 1 is 1.42 bits per heavy atom. The van der Waals surface area contributed by atoms with E-state index in [1.165, 1.54) is 0 Å². The van der Waals surface area contributed by atoms with E-state index in [4.69, 9.17) is 10.2 Å². The Morgan fingerprint density at radius 3 is 2.33 bits per heavy atom. The molecule has 5 nitrogen and oxygen atoms in total. The van der Waals surface area contributed by atoms with E-state index >= 15 is 0 Å². The largest absolute Gasteiger partial charge is 0.479 e. The molecule has 1 aliphatic rings. The van der Waals surface area contributed by atoms with E-state index in [1.807, 2.05) is 0 Å². The average molecular weight is 191 g/mol. The molecule has 1 rings (SSSR count). The summed E-state index contributed by atoms with van der Waals surface area (Å²) in [4.78, 5) is 20.5. The highest BCUT2D eigenvalue weighted by atomic mass is 32.1. The first kappa shape index (κ1) is 9.18. The van der Waals surface area contributed by atoms with Gasteiger partial charge >= 0.3 is 12.1 Å². The molecule has 1 fully saturated rings. The maximum absolute atomic E-state index is 10.7. The summed E-state index contributed by atoms with van der Waals surface area (Å²) in [5, 5.41) is 17.3. The summed E-state index contributed by atoms with van der Waals surface area (Å²) in [6.07, 6.45) is -0.426. The molecule has 0 aromatic heterocycles. The fourth-order valence-corrected chi connectivity index (χ4v) is 1.62. The van der Waals surface area contributed by atoms with E-state index in [0.29, 0.717) is 6.42 Å². The van der Waals surface area contributed by atoms with Gasteiger partial charge in [0, 0.05) is 6.54 Å². The molecule has 0 spiro atoms. The lowest BCUT2D eigenvalue weighted by Crippen LogP contribution is -2.48. The van der Waals surface area contributed by atoms with Gasteiger partial charge in [-0.25, -0.2) is 9.59 Å². The molecule has 2 N–H and O–H groups in total. The molecule has 1 unspecified atom stereocenters. The molecule has 0 aromatic rings. The van der Waals surface area contributed by atoms with Crippen molar-refractivity contribution in [2.75, 3.05) is 6.54 Å². The van der Waals surface area contributed by atoms with E-state index in [0.717, 1.165) is 4.90 Å². The lowest BCUT2D eigenvalue weighted by Gasteiger charge is -2.27. The van der Waals surface area contributed by atoms with Crippen molar-refractivity contribution < 1.29 is 19.8 Å². The van der Waals surface area contributed by atoms with Crippen molar-refractivity contribution >= 4 is 24.7 Å². The van der Waals surface area contributed by atoms with Crippen LogP contribution < -0.4 is 0 Å². The van der Waals surface area contributed by atoms with Gasteiger partial charge in [-0.2, -0.15) is 0 Å². The zero-order valence-corrected chi connectivity index (χ0v) is 7.12. The number of aliphatic carboxylic acids is 1. The van der Waals surface area contributed by atoms with E-state index in [9.17, 15) is 9.59 Å². The Balaban J connectivity index is 2.89. The summed E-state index contributed by atoms with van der Waals surface area (Å²) in [6, 6.07) is 0. The van der Waals surface area contributed by atoms with Crippen molar-refractivity contribution in [3.63, 3.8) is 0 Å². The van der Waals surface area contributed by atoms with Crippen LogP contribution in [0.15, 0.2) is 0 Å². The monoisotopic (exact) mass is 191 g/mol. The van der Waals surface area contributed by atoms with Gasteiger partial charge in [0.1, 0.15) is 0 Å². The molecule has 1 atom stereocenters. The lowest BCUT2D eigenvalue weighted by molar-refractivity contribution is -0.143. The second-order valence-corrected chi connectivity index (χ2v) is 3.40. The highest BCUT2D eigenvalue weighted by molar-refractivity contribution is 7.82. The maximum atomic E-state index is 10.7. The van der Waals surface area contributed by atoms with Crippen LogP contribution >= 0.6 is 12.6 Å². The molecule has 0 bridgehead atoms. The fraction of sp³-hybridized carbons (Fsp3) is 0.667. The molecule has 68 valence electrons. The van der Waals surface area contributed by atoms with Gasteiger partial charge in [0.2, 0.25) is 0 Å². The summed E-state index contributed by atoms with van der Waals surface area (Å²) in [5.74, 6) is -1.20. The average Bonchev–Trinajstić information content (AvgIpc) is 2.32. The molecule has 1 aliphatic heterocycles. The van der Waals surface area contributed by atoms with Crippen molar-refractivity contribution in [2.45, 2.75) is 17.7 Å². The SMILES string of the molecule is O=C(O)N1CCCC1(S)C(=O)O. The quantitative estimate of drug-likeness (QED) is 0.526. The van der Waals surface area contributed by atoms with Gasteiger partial charge in [-0.3, -0.25) is 4.90 Å². The molecule has 12 heavy (non-hydrogen) atoms. The number of likely N-dealkylation sites (tertiary alicyclic amines) is 1.